The normalized spacial score (nSPS) is 14.2. The third-order valence-electron chi connectivity index (χ3n) is 5.01. The summed E-state index contributed by atoms with van der Waals surface area (Å²) in [7, 11) is 0. The molecule has 2 heterocycles. The van der Waals surface area contributed by atoms with E-state index in [0.29, 0.717) is 39.2 Å². The van der Waals surface area contributed by atoms with Crippen LogP contribution in [0.5, 0.6) is 0 Å². The van der Waals surface area contributed by atoms with Crippen LogP contribution in [0.4, 0.5) is 0 Å². The molecule has 0 radical (unpaired) electrons. The second-order valence-electron chi connectivity index (χ2n) is 7.08. The molecule has 0 aliphatic carbocycles. The zero-order valence-corrected chi connectivity index (χ0v) is 17.5. The predicted molar refractivity (Wildman–Crippen MR) is 114 cm³/mol. The van der Waals surface area contributed by atoms with E-state index in [1.54, 1.807) is 42.5 Å². The van der Waals surface area contributed by atoms with Gasteiger partial charge in [0.2, 0.25) is 5.82 Å². The van der Waals surface area contributed by atoms with Crippen LogP contribution in [-0.4, -0.2) is 44.4 Å². The summed E-state index contributed by atoms with van der Waals surface area (Å²) in [5.74, 6) is -0.609. The highest BCUT2D eigenvalue weighted by Gasteiger charge is 2.24. The van der Waals surface area contributed by atoms with Crippen molar-refractivity contribution in [3.05, 3.63) is 75.3 Å². The topological polar surface area (TPSA) is 94.1 Å². The van der Waals surface area contributed by atoms with E-state index in [2.05, 4.69) is 15.0 Å². The van der Waals surface area contributed by atoms with E-state index in [0.717, 1.165) is 25.9 Å². The maximum atomic E-state index is 13.3. The third-order valence-corrected chi connectivity index (χ3v) is 5.57. The number of primary amides is 1. The molecule has 0 saturated carbocycles. The first-order chi connectivity index (χ1) is 14.4. The van der Waals surface area contributed by atoms with E-state index >= 15 is 0 Å². The number of aromatic nitrogens is 3. The maximum absolute atomic E-state index is 13.3. The largest absolute Gasteiger partial charge is 0.363 e. The molecule has 0 atom stereocenters. The number of nitrogens with two attached hydrogens (primary N) is 1. The second kappa shape index (κ2) is 8.55. The number of benzene rings is 2. The van der Waals surface area contributed by atoms with Crippen LogP contribution in [0.15, 0.2) is 42.5 Å². The molecule has 1 aromatic heterocycles. The van der Waals surface area contributed by atoms with Crippen LogP contribution in [0.2, 0.25) is 10.0 Å². The van der Waals surface area contributed by atoms with Gasteiger partial charge in [0.05, 0.1) is 17.3 Å². The van der Waals surface area contributed by atoms with Crippen molar-refractivity contribution in [1.29, 1.82) is 0 Å². The average molecular weight is 444 g/mol. The standard InChI is InChI=1S/C21H19Cl2N5O2/c22-13-7-8-17(15(11-13)19(29)14-5-1-2-6-16(14)23)28-18(12-27-9-3-4-10-27)25-21(26-28)20(24)30/h1-2,5-8,11H,3-4,9-10,12H2,(H2,24,30). The fraction of sp³-hybridized carbons (Fsp3) is 0.238. The molecular formula is C21H19Cl2N5O2. The van der Waals surface area contributed by atoms with Crippen LogP contribution in [0.25, 0.3) is 5.69 Å². The smallest absolute Gasteiger partial charge is 0.288 e. The molecule has 4 rings (SSSR count). The van der Waals surface area contributed by atoms with Gasteiger partial charge >= 0.3 is 0 Å². The van der Waals surface area contributed by atoms with Crippen molar-refractivity contribution in [1.82, 2.24) is 19.7 Å². The summed E-state index contributed by atoms with van der Waals surface area (Å²) in [6.07, 6.45) is 2.21. The fourth-order valence-corrected chi connectivity index (χ4v) is 3.94. The van der Waals surface area contributed by atoms with Crippen LogP contribution >= 0.6 is 23.2 Å². The lowest BCUT2D eigenvalue weighted by Crippen LogP contribution is -2.22. The number of amides is 1. The lowest BCUT2D eigenvalue weighted by atomic mass is 10.0. The first kappa shape index (κ1) is 20.5. The molecule has 2 aromatic carbocycles. The van der Waals surface area contributed by atoms with Crippen LogP contribution < -0.4 is 5.73 Å². The Balaban J connectivity index is 1.83. The molecule has 30 heavy (non-hydrogen) atoms. The Labute approximate surface area is 183 Å². The molecule has 1 saturated heterocycles. The van der Waals surface area contributed by atoms with E-state index < -0.39 is 5.91 Å². The van der Waals surface area contributed by atoms with Crippen LogP contribution in [0.3, 0.4) is 0 Å². The van der Waals surface area contributed by atoms with E-state index in [4.69, 9.17) is 28.9 Å². The highest BCUT2D eigenvalue weighted by molar-refractivity contribution is 6.35. The molecular weight excluding hydrogens is 425 g/mol. The van der Waals surface area contributed by atoms with Gasteiger partial charge in [0.15, 0.2) is 5.78 Å². The van der Waals surface area contributed by atoms with Crippen LogP contribution in [0, 0.1) is 0 Å². The SMILES string of the molecule is NC(=O)c1nc(CN2CCCC2)n(-c2ccc(Cl)cc2C(=O)c2ccccc2Cl)n1. The van der Waals surface area contributed by atoms with Crippen molar-refractivity contribution in [2.24, 2.45) is 5.73 Å². The molecule has 1 amide bonds. The molecule has 154 valence electrons. The minimum atomic E-state index is -0.732. The Kier molecular flexibility index (Phi) is 5.85. The van der Waals surface area contributed by atoms with Crippen molar-refractivity contribution in [2.45, 2.75) is 19.4 Å². The summed E-state index contributed by atoms with van der Waals surface area (Å²) in [4.78, 5) is 31.6. The Bertz CT molecular complexity index is 1120. The molecule has 7 nitrogen and oxygen atoms in total. The number of hydrogen-bond donors (Lipinski definition) is 1. The summed E-state index contributed by atoms with van der Waals surface area (Å²) >= 11 is 12.4. The highest BCUT2D eigenvalue weighted by atomic mass is 35.5. The van der Waals surface area contributed by atoms with Gasteiger partial charge in [-0.2, -0.15) is 0 Å². The summed E-state index contributed by atoms with van der Waals surface area (Å²) < 4.78 is 1.50. The Morgan fingerprint density at radius 1 is 1.03 bits per heavy atom. The van der Waals surface area contributed by atoms with Gasteiger partial charge in [0.25, 0.3) is 5.91 Å². The molecule has 0 unspecified atom stereocenters. The molecule has 0 bridgehead atoms. The number of hydrogen-bond acceptors (Lipinski definition) is 5. The van der Waals surface area contributed by atoms with Gasteiger partial charge in [0, 0.05) is 16.1 Å². The molecule has 1 fully saturated rings. The lowest BCUT2D eigenvalue weighted by Gasteiger charge is -2.16. The second-order valence-corrected chi connectivity index (χ2v) is 7.93. The Morgan fingerprint density at radius 3 is 2.47 bits per heavy atom. The van der Waals surface area contributed by atoms with E-state index in [1.807, 2.05) is 0 Å². The van der Waals surface area contributed by atoms with Crippen LogP contribution in [0.1, 0.15) is 45.2 Å². The van der Waals surface area contributed by atoms with E-state index in [9.17, 15) is 9.59 Å². The maximum Gasteiger partial charge on any atom is 0.288 e. The fourth-order valence-electron chi connectivity index (χ4n) is 3.55. The van der Waals surface area contributed by atoms with Crippen molar-refractivity contribution >= 4 is 34.9 Å². The average Bonchev–Trinajstić information content (AvgIpc) is 3.38. The monoisotopic (exact) mass is 443 g/mol. The lowest BCUT2D eigenvalue weighted by molar-refractivity contribution is 0.0989. The number of carbonyl (C=O) groups is 2. The van der Waals surface area contributed by atoms with Gasteiger partial charge in [-0.05, 0) is 56.3 Å². The number of nitrogens with zero attached hydrogens (tertiary/aromatic N) is 4. The van der Waals surface area contributed by atoms with Gasteiger partial charge < -0.3 is 5.73 Å². The number of ketones is 1. The van der Waals surface area contributed by atoms with Crippen molar-refractivity contribution in [2.75, 3.05) is 13.1 Å². The molecule has 0 spiro atoms. The first-order valence-corrected chi connectivity index (χ1v) is 10.3. The van der Waals surface area contributed by atoms with Gasteiger partial charge in [0.1, 0.15) is 5.82 Å². The van der Waals surface area contributed by atoms with Gasteiger partial charge in [-0.25, -0.2) is 9.67 Å². The van der Waals surface area contributed by atoms with Crippen molar-refractivity contribution in [3.8, 4) is 5.69 Å². The minimum Gasteiger partial charge on any atom is -0.363 e. The first-order valence-electron chi connectivity index (χ1n) is 9.51. The molecule has 2 N–H and O–H groups in total. The van der Waals surface area contributed by atoms with Gasteiger partial charge in [-0.15, -0.1) is 5.10 Å². The number of likely N-dealkylation sites (tertiary alicyclic amines) is 1. The molecule has 1 aliphatic heterocycles. The molecule has 3 aromatic rings. The minimum absolute atomic E-state index is 0.102. The summed E-state index contributed by atoms with van der Waals surface area (Å²) in [5.41, 5.74) is 6.53. The van der Waals surface area contributed by atoms with E-state index in [-0.39, 0.29) is 11.6 Å². The summed E-state index contributed by atoms with van der Waals surface area (Å²) in [5, 5.41) is 5.02. The van der Waals surface area contributed by atoms with E-state index in [1.165, 1.54) is 4.68 Å². The van der Waals surface area contributed by atoms with Gasteiger partial charge in [-0.3, -0.25) is 14.5 Å². The Hall–Kier alpha value is -2.74. The quantitative estimate of drug-likeness (QED) is 0.588. The zero-order valence-electron chi connectivity index (χ0n) is 16.0. The zero-order chi connectivity index (χ0) is 21.3. The number of halogens is 2. The van der Waals surface area contributed by atoms with Crippen molar-refractivity contribution < 1.29 is 9.59 Å². The van der Waals surface area contributed by atoms with Crippen LogP contribution in [-0.2, 0) is 6.54 Å². The molecule has 1 aliphatic rings. The molecule has 9 heteroatoms. The summed E-state index contributed by atoms with van der Waals surface area (Å²) in [6.45, 7) is 2.36. The summed E-state index contributed by atoms with van der Waals surface area (Å²) in [6, 6.07) is 11.7. The number of rotatable bonds is 6. The van der Waals surface area contributed by atoms with Crippen molar-refractivity contribution in [3.63, 3.8) is 0 Å². The Morgan fingerprint density at radius 2 is 1.77 bits per heavy atom. The highest BCUT2D eigenvalue weighted by Crippen LogP contribution is 2.27. The number of carbonyl (C=O) groups excluding carboxylic acids is 2. The van der Waals surface area contributed by atoms with Gasteiger partial charge in [-0.1, -0.05) is 35.3 Å². The third kappa shape index (κ3) is 4.09. The predicted octanol–water partition coefficient (Wildman–Crippen LogP) is 3.50.